The van der Waals surface area contributed by atoms with Crippen LogP contribution in [0.1, 0.15) is 33.1 Å². The van der Waals surface area contributed by atoms with Crippen LogP contribution in [0.25, 0.3) is 0 Å². The van der Waals surface area contributed by atoms with Crippen molar-refractivity contribution < 1.29 is 4.74 Å². The summed E-state index contributed by atoms with van der Waals surface area (Å²) in [5.41, 5.74) is 0. The molecule has 2 heterocycles. The summed E-state index contributed by atoms with van der Waals surface area (Å²) in [6, 6.07) is 1.45. The minimum Gasteiger partial charge on any atom is -0.381 e. The molecule has 3 atom stereocenters. The topological polar surface area (TPSA) is 24.5 Å². The lowest BCUT2D eigenvalue weighted by molar-refractivity contribution is 0.0967. The number of ether oxygens (including phenoxy) is 1. The predicted molar refractivity (Wildman–Crippen MR) is 66.7 cm³/mol. The molecule has 3 unspecified atom stereocenters. The van der Waals surface area contributed by atoms with Gasteiger partial charge in [0.25, 0.3) is 0 Å². The van der Waals surface area contributed by atoms with Gasteiger partial charge in [0.15, 0.2) is 0 Å². The minimum atomic E-state index is 0.687. The molecule has 94 valence electrons. The van der Waals surface area contributed by atoms with E-state index in [9.17, 15) is 0 Å². The first-order chi connectivity index (χ1) is 7.83. The molecule has 16 heavy (non-hydrogen) atoms. The number of hydrogen-bond donors (Lipinski definition) is 1. The molecule has 0 saturated carbocycles. The van der Waals surface area contributed by atoms with Crippen LogP contribution in [0.2, 0.25) is 0 Å². The van der Waals surface area contributed by atoms with Gasteiger partial charge in [0.05, 0.1) is 6.61 Å². The third kappa shape index (κ3) is 2.76. The quantitative estimate of drug-likeness (QED) is 0.768. The summed E-state index contributed by atoms with van der Waals surface area (Å²) < 4.78 is 5.53. The largest absolute Gasteiger partial charge is 0.381 e. The van der Waals surface area contributed by atoms with Crippen molar-refractivity contribution in [2.45, 2.75) is 45.2 Å². The zero-order valence-corrected chi connectivity index (χ0v) is 10.7. The van der Waals surface area contributed by atoms with Crippen LogP contribution in [0.15, 0.2) is 0 Å². The van der Waals surface area contributed by atoms with Gasteiger partial charge in [-0.25, -0.2) is 0 Å². The Bertz CT molecular complexity index is 198. The highest BCUT2D eigenvalue weighted by Crippen LogP contribution is 2.24. The van der Waals surface area contributed by atoms with Crippen LogP contribution in [0.4, 0.5) is 0 Å². The van der Waals surface area contributed by atoms with E-state index in [4.69, 9.17) is 4.74 Å². The molecular weight excluding hydrogens is 200 g/mol. The second-order valence-electron chi connectivity index (χ2n) is 5.25. The van der Waals surface area contributed by atoms with Gasteiger partial charge in [-0.3, -0.25) is 4.90 Å². The maximum absolute atomic E-state index is 5.53. The maximum atomic E-state index is 5.53. The number of hydrogen-bond acceptors (Lipinski definition) is 3. The van der Waals surface area contributed by atoms with Crippen LogP contribution >= 0.6 is 0 Å². The highest BCUT2D eigenvalue weighted by Gasteiger charge is 2.31. The van der Waals surface area contributed by atoms with Crippen LogP contribution in [0.3, 0.4) is 0 Å². The van der Waals surface area contributed by atoms with Gasteiger partial charge in [-0.1, -0.05) is 6.92 Å². The summed E-state index contributed by atoms with van der Waals surface area (Å²) in [5, 5.41) is 3.48. The fourth-order valence-electron chi connectivity index (χ4n) is 3.10. The Labute approximate surface area is 99.5 Å². The first-order valence-electron chi connectivity index (χ1n) is 6.87. The van der Waals surface area contributed by atoms with Crippen molar-refractivity contribution in [1.82, 2.24) is 10.2 Å². The zero-order valence-electron chi connectivity index (χ0n) is 10.7. The highest BCUT2D eigenvalue weighted by atomic mass is 16.5. The molecule has 0 aromatic rings. The molecule has 0 bridgehead atoms. The molecule has 0 radical (unpaired) electrons. The van der Waals surface area contributed by atoms with E-state index in [1.54, 1.807) is 0 Å². The standard InChI is InChI=1S/C13H26N2O/c1-3-7-15(13-4-6-14-9-13)11(2)12-5-8-16-10-12/h11-14H,3-10H2,1-2H3. The first-order valence-corrected chi connectivity index (χ1v) is 6.87. The summed E-state index contributed by atoms with van der Waals surface area (Å²) in [6.07, 6.45) is 3.83. The van der Waals surface area contributed by atoms with Crippen molar-refractivity contribution in [3.63, 3.8) is 0 Å². The van der Waals surface area contributed by atoms with Gasteiger partial charge in [-0.2, -0.15) is 0 Å². The van der Waals surface area contributed by atoms with E-state index in [1.165, 1.54) is 38.9 Å². The summed E-state index contributed by atoms with van der Waals surface area (Å²) in [7, 11) is 0. The molecule has 2 aliphatic rings. The fourth-order valence-corrected chi connectivity index (χ4v) is 3.10. The van der Waals surface area contributed by atoms with Crippen LogP contribution in [-0.4, -0.2) is 49.8 Å². The third-order valence-corrected chi connectivity index (χ3v) is 4.16. The fraction of sp³-hybridized carbons (Fsp3) is 1.00. The zero-order chi connectivity index (χ0) is 11.4. The van der Waals surface area contributed by atoms with E-state index in [0.29, 0.717) is 6.04 Å². The first kappa shape index (κ1) is 12.3. The molecule has 2 fully saturated rings. The second-order valence-corrected chi connectivity index (χ2v) is 5.25. The Morgan fingerprint density at radius 3 is 2.88 bits per heavy atom. The van der Waals surface area contributed by atoms with Crippen LogP contribution in [-0.2, 0) is 4.74 Å². The summed E-state index contributed by atoms with van der Waals surface area (Å²) in [4.78, 5) is 2.72. The Kier molecular flexibility index (Phi) is 4.62. The predicted octanol–water partition coefficient (Wildman–Crippen LogP) is 1.49. The number of nitrogens with zero attached hydrogens (tertiary/aromatic N) is 1. The minimum absolute atomic E-state index is 0.687. The monoisotopic (exact) mass is 226 g/mol. The van der Waals surface area contributed by atoms with Gasteiger partial charge in [0, 0.05) is 25.2 Å². The molecule has 0 amide bonds. The highest BCUT2D eigenvalue weighted by molar-refractivity contribution is 4.87. The summed E-state index contributed by atoms with van der Waals surface area (Å²) >= 11 is 0. The van der Waals surface area contributed by atoms with E-state index in [1.807, 2.05) is 0 Å². The molecule has 2 saturated heterocycles. The summed E-state index contributed by atoms with van der Waals surface area (Å²) in [6.45, 7) is 10.2. The maximum Gasteiger partial charge on any atom is 0.0509 e. The van der Waals surface area contributed by atoms with E-state index >= 15 is 0 Å². The number of rotatable bonds is 5. The van der Waals surface area contributed by atoms with Crippen molar-refractivity contribution >= 4 is 0 Å². The second kappa shape index (κ2) is 5.99. The average Bonchev–Trinajstić information content (AvgIpc) is 2.96. The molecule has 2 aliphatic heterocycles. The van der Waals surface area contributed by atoms with Crippen molar-refractivity contribution in [2.24, 2.45) is 5.92 Å². The van der Waals surface area contributed by atoms with Gasteiger partial charge < -0.3 is 10.1 Å². The van der Waals surface area contributed by atoms with Crippen molar-refractivity contribution in [3.8, 4) is 0 Å². The SMILES string of the molecule is CCCN(C1CCNC1)C(C)C1CCOC1. The van der Waals surface area contributed by atoms with Crippen LogP contribution < -0.4 is 5.32 Å². The third-order valence-electron chi connectivity index (χ3n) is 4.16. The van der Waals surface area contributed by atoms with Crippen LogP contribution in [0.5, 0.6) is 0 Å². The Balaban J connectivity index is 1.93. The number of nitrogens with one attached hydrogen (secondary N) is 1. The lowest BCUT2D eigenvalue weighted by Crippen LogP contribution is -2.47. The summed E-state index contributed by atoms with van der Waals surface area (Å²) in [5.74, 6) is 0.757. The van der Waals surface area contributed by atoms with E-state index in [0.717, 1.165) is 25.2 Å². The lowest BCUT2D eigenvalue weighted by atomic mass is 9.97. The molecule has 1 N–H and O–H groups in total. The molecule has 0 aromatic carbocycles. The lowest BCUT2D eigenvalue weighted by Gasteiger charge is -2.36. The van der Waals surface area contributed by atoms with E-state index in [-0.39, 0.29) is 0 Å². The molecule has 0 aromatic heterocycles. The molecule has 3 heteroatoms. The van der Waals surface area contributed by atoms with Gasteiger partial charge in [0.1, 0.15) is 0 Å². The van der Waals surface area contributed by atoms with E-state index < -0.39 is 0 Å². The molecule has 0 spiro atoms. The van der Waals surface area contributed by atoms with Crippen molar-refractivity contribution in [3.05, 3.63) is 0 Å². The van der Waals surface area contributed by atoms with Gasteiger partial charge >= 0.3 is 0 Å². The molecule has 0 aliphatic carbocycles. The Hall–Kier alpha value is -0.120. The Morgan fingerprint density at radius 2 is 2.31 bits per heavy atom. The van der Waals surface area contributed by atoms with Gasteiger partial charge in [-0.05, 0) is 45.2 Å². The average molecular weight is 226 g/mol. The molecular formula is C13H26N2O. The molecule has 3 nitrogen and oxygen atoms in total. The van der Waals surface area contributed by atoms with Gasteiger partial charge in [-0.15, -0.1) is 0 Å². The normalized spacial score (nSPS) is 32.4. The van der Waals surface area contributed by atoms with E-state index in [2.05, 4.69) is 24.1 Å². The van der Waals surface area contributed by atoms with Crippen LogP contribution in [0, 0.1) is 5.92 Å². The molecule has 2 rings (SSSR count). The Morgan fingerprint density at radius 1 is 1.44 bits per heavy atom. The van der Waals surface area contributed by atoms with Crippen molar-refractivity contribution in [1.29, 1.82) is 0 Å². The smallest absolute Gasteiger partial charge is 0.0509 e. The van der Waals surface area contributed by atoms with Crippen molar-refractivity contribution in [2.75, 3.05) is 32.8 Å². The van der Waals surface area contributed by atoms with Gasteiger partial charge in [0.2, 0.25) is 0 Å².